The van der Waals surface area contributed by atoms with Gasteiger partial charge in [0.15, 0.2) is 0 Å². The Kier molecular flexibility index (Phi) is 21.2. The molecule has 4 aromatic carbocycles. The molecule has 330 valence electrons. The van der Waals surface area contributed by atoms with Crippen molar-refractivity contribution in [1.82, 2.24) is 0 Å². The molecule has 0 heteroatoms. The predicted molar refractivity (Wildman–Crippen MR) is 268 cm³/mol. The highest BCUT2D eigenvalue weighted by Gasteiger charge is 2.59. The molecular weight excluding hydrogens is 721 g/mol. The Morgan fingerprint density at radius 1 is 0.283 bits per heavy atom. The van der Waals surface area contributed by atoms with E-state index in [0.717, 1.165) is 12.8 Å². The van der Waals surface area contributed by atoms with Crippen LogP contribution in [0.4, 0.5) is 0 Å². The Morgan fingerprint density at radius 3 is 0.800 bits per heavy atom. The summed E-state index contributed by atoms with van der Waals surface area (Å²) in [5, 5.41) is 0. The molecule has 0 aliphatic heterocycles. The van der Waals surface area contributed by atoms with Crippen molar-refractivity contribution in [3.63, 3.8) is 0 Å². The molecule has 9 aliphatic rings. The first-order valence-corrected chi connectivity index (χ1v) is 26.1. The monoisotopic (exact) mass is 811 g/mol. The van der Waals surface area contributed by atoms with Crippen molar-refractivity contribution in [1.29, 1.82) is 0 Å². The third-order valence-corrected chi connectivity index (χ3v) is 15.4. The van der Waals surface area contributed by atoms with E-state index in [2.05, 4.69) is 97.1 Å². The van der Waals surface area contributed by atoms with Crippen LogP contribution in [0.25, 0.3) is 22.3 Å². The second-order valence-electron chi connectivity index (χ2n) is 17.4. The van der Waals surface area contributed by atoms with Crippen LogP contribution < -0.4 is 0 Å². The molecule has 0 amide bonds. The highest BCUT2D eigenvalue weighted by atomic mass is 14.6. The van der Waals surface area contributed by atoms with Crippen LogP contribution in [0.1, 0.15) is 182 Å². The molecule has 6 bridgehead atoms. The summed E-state index contributed by atoms with van der Waals surface area (Å²) in [7, 11) is 0. The molecule has 9 aliphatic carbocycles. The summed E-state index contributed by atoms with van der Waals surface area (Å²) in [5.74, 6) is 12.1. The molecule has 0 nitrogen and oxygen atoms in total. The van der Waals surface area contributed by atoms with Gasteiger partial charge in [-0.25, -0.2) is 0 Å². The van der Waals surface area contributed by atoms with E-state index in [1.165, 1.54) is 104 Å². The van der Waals surface area contributed by atoms with Crippen molar-refractivity contribution in [3.8, 4) is 22.3 Å². The Balaban J connectivity index is 0.000000163. The SMILES string of the molecule is C1CC2C3CCC(C3)C2C1.C1CC2CC1C1C3CCC(C3)C21.CC.CC.CC.CC.CC.CC.c1ccc2c(c1)Cc1ccccc1-2.c1ccc2c(c1)Cc1ccccc1-2. The number of hydrogen-bond donors (Lipinski definition) is 0. The maximum Gasteiger partial charge on any atom is -0.00135 e. The Bertz CT molecular complexity index is 1540. The van der Waals surface area contributed by atoms with Crippen molar-refractivity contribution in [2.75, 3.05) is 0 Å². The maximum atomic E-state index is 2.22. The zero-order valence-electron chi connectivity index (χ0n) is 40.9. The van der Waals surface area contributed by atoms with Crippen molar-refractivity contribution in [3.05, 3.63) is 119 Å². The first kappa shape index (κ1) is 49.5. The summed E-state index contributed by atoms with van der Waals surface area (Å²) < 4.78 is 0. The Hall–Kier alpha value is -3.12. The molecule has 60 heavy (non-hydrogen) atoms. The van der Waals surface area contributed by atoms with E-state index in [1.807, 2.05) is 83.1 Å². The van der Waals surface area contributed by atoms with E-state index in [4.69, 9.17) is 0 Å². The van der Waals surface area contributed by atoms with E-state index in [-0.39, 0.29) is 0 Å². The van der Waals surface area contributed by atoms with Gasteiger partial charge in [0.05, 0.1) is 0 Å². The van der Waals surface area contributed by atoms with Crippen molar-refractivity contribution in [2.45, 2.75) is 173 Å². The third kappa shape index (κ3) is 10.7. The minimum atomic E-state index is 1.10. The summed E-state index contributed by atoms with van der Waals surface area (Å²) in [6.07, 6.45) is 21.4. The molecule has 0 spiro atoms. The molecule has 0 aromatic heterocycles. The minimum Gasteiger partial charge on any atom is -0.0683 e. The van der Waals surface area contributed by atoms with Gasteiger partial charge < -0.3 is 0 Å². The predicted octanol–water partition coefficient (Wildman–Crippen LogP) is 18.6. The highest BCUT2D eigenvalue weighted by Crippen LogP contribution is 2.67. The second-order valence-corrected chi connectivity index (χ2v) is 17.4. The molecule has 13 rings (SSSR count). The molecule has 7 saturated carbocycles. The zero-order valence-corrected chi connectivity index (χ0v) is 40.9. The van der Waals surface area contributed by atoms with Gasteiger partial charge in [0.2, 0.25) is 0 Å². The summed E-state index contributed by atoms with van der Waals surface area (Å²) >= 11 is 0. The van der Waals surface area contributed by atoms with Gasteiger partial charge in [-0.1, -0.05) is 187 Å². The van der Waals surface area contributed by atoms with Gasteiger partial charge in [0.25, 0.3) is 0 Å². The fourth-order valence-corrected chi connectivity index (χ4v) is 13.7. The van der Waals surface area contributed by atoms with Crippen LogP contribution in [-0.2, 0) is 12.8 Å². The lowest BCUT2D eigenvalue weighted by Gasteiger charge is -2.34. The normalized spacial score (nSPS) is 28.7. The van der Waals surface area contributed by atoms with Crippen LogP contribution in [0, 0.1) is 59.2 Å². The number of fused-ring (bicyclic) bond motifs is 20. The van der Waals surface area contributed by atoms with Gasteiger partial charge in [0.1, 0.15) is 0 Å². The van der Waals surface area contributed by atoms with Crippen LogP contribution in [0.3, 0.4) is 0 Å². The van der Waals surface area contributed by atoms with E-state index in [9.17, 15) is 0 Å². The van der Waals surface area contributed by atoms with Crippen LogP contribution in [-0.4, -0.2) is 0 Å². The first-order valence-electron chi connectivity index (χ1n) is 26.1. The fraction of sp³-hybridized carbons (Fsp3) is 0.600. The lowest BCUT2D eigenvalue weighted by atomic mass is 9.71. The van der Waals surface area contributed by atoms with Crippen LogP contribution in [0.15, 0.2) is 97.1 Å². The van der Waals surface area contributed by atoms with Crippen molar-refractivity contribution < 1.29 is 0 Å². The molecular formula is C60H90. The van der Waals surface area contributed by atoms with Gasteiger partial charge in [-0.3, -0.25) is 0 Å². The van der Waals surface area contributed by atoms with E-state index >= 15 is 0 Å². The van der Waals surface area contributed by atoms with Crippen molar-refractivity contribution >= 4 is 0 Å². The summed E-state index contributed by atoms with van der Waals surface area (Å²) in [6.45, 7) is 24.0. The van der Waals surface area contributed by atoms with E-state index in [1.54, 1.807) is 77.0 Å². The third-order valence-electron chi connectivity index (χ3n) is 15.4. The van der Waals surface area contributed by atoms with Crippen LogP contribution in [0.5, 0.6) is 0 Å². The summed E-state index contributed by atoms with van der Waals surface area (Å²) in [6, 6.07) is 34.6. The first-order chi connectivity index (χ1) is 29.8. The van der Waals surface area contributed by atoms with Gasteiger partial charge >= 0.3 is 0 Å². The number of hydrogen-bond acceptors (Lipinski definition) is 0. The largest absolute Gasteiger partial charge is 0.0683 e. The van der Waals surface area contributed by atoms with E-state index < -0.39 is 0 Å². The number of rotatable bonds is 0. The molecule has 8 atom stereocenters. The maximum absolute atomic E-state index is 2.22. The topological polar surface area (TPSA) is 0 Å². The average Bonchev–Trinajstić information content (AvgIpc) is 4.20. The highest BCUT2D eigenvalue weighted by molar-refractivity contribution is 5.77. The van der Waals surface area contributed by atoms with Gasteiger partial charge in [-0.05, 0) is 187 Å². The lowest BCUT2D eigenvalue weighted by molar-refractivity contribution is 0.146. The molecule has 4 aromatic rings. The number of benzene rings is 4. The molecule has 0 heterocycles. The molecule has 0 saturated heterocycles. The Labute approximate surface area is 372 Å². The second kappa shape index (κ2) is 25.7. The average molecular weight is 811 g/mol. The summed E-state index contributed by atoms with van der Waals surface area (Å²) in [4.78, 5) is 0. The quantitative estimate of drug-likeness (QED) is 0.134. The minimum absolute atomic E-state index is 1.10. The molecule has 8 unspecified atom stereocenters. The smallest absolute Gasteiger partial charge is 0.00135 e. The molecule has 7 fully saturated rings. The standard InChI is InChI=1S/2C13H10.C12H18.C10H16.6C2H6/c2*1-3-7-12-10(5-1)9-11-6-2-4-8-13(11)12;1-2-8-5-7(1)11-9-3-4-10(6-9)12(8)11;1-2-9-7-4-5-8(6-7)10(9)3-1;6*1-2/h2*1-8H,9H2;7-12H,1-6H2;7-10H,1-6H2;6*1-2H3. The summed E-state index contributed by atoms with van der Waals surface area (Å²) in [5.41, 5.74) is 11.5. The van der Waals surface area contributed by atoms with Crippen molar-refractivity contribution in [2.24, 2.45) is 59.2 Å². The van der Waals surface area contributed by atoms with Crippen LogP contribution >= 0.6 is 0 Å². The lowest BCUT2D eigenvalue weighted by Crippen LogP contribution is -2.27. The fourth-order valence-electron chi connectivity index (χ4n) is 13.7. The van der Waals surface area contributed by atoms with Crippen LogP contribution in [0.2, 0.25) is 0 Å². The van der Waals surface area contributed by atoms with Gasteiger partial charge in [0, 0.05) is 0 Å². The molecule has 0 radical (unpaired) electrons. The molecule has 0 N–H and O–H groups in total. The van der Waals surface area contributed by atoms with Gasteiger partial charge in [-0.2, -0.15) is 0 Å². The Morgan fingerprint density at radius 2 is 0.517 bits per heavy atom. The zero-order chi connectivity index (χ0) is 43.6. The van der Waals surface area contributed by atoms with Gasteiger partial charge in [-0.15, -0.1) is 0 Å². The van der Waals surface area contributed by atoms with E-state index in [0.29, 0.717) is 0 Å².